The second-order valence-corrected chi connectivity index (χ2v) is 3.86. The van der Waals surface area contributed by atoms with Crippen LogP contribution in [-0.2, 0) is 9.53 Å². The van der Waals surface area contributed by atoms with Crippen LogP contribution in [-0.4, -0.2) is 31.6 Å². The minimum absolute atomic E-state index is 0.299. The van der Waals surface area contributed by atoms with Gasteiger partial charge < -0.3 is 4.74 Å². The van der Waals surface area contributed by atoms with Crippen molar-refractivity contribution in [1.82, 2.24) is 4.90 Å². The third kappa shape index (κ3) is 3.30. The summed E-state index contributed by atoms with van der Waals surface area (Å²) in [5.74, 6) is -0.299. The van der Waals surface area contributed by atoms with Crippen molar-refractivity contribution in [1.29, 1.82) is 5.26 Å². The summed E-state index contributed by atoms with van der Waals surface area (Å²) in [7, 11) is 3.61. The van der Waals surface area contributed by atoms with E-state index in [2.05, 4.69) is 6.07 Å². The zero-order chi connectivity index (χ0) is 12.8. The highest BCUT2D eigenvalue weighted by Gasteiger charge is 2.24. The molecule has 0 N–H and O–H groups in total. The molecule has 0 saturated heterocycles. The molecule has 0 fully saturated rings. The van der Waals surface area contributed by atoms with Gasteiger partial charge in [0.15, 0.2) is 0 Å². The summed E-state index contributed by atoms with van der Waals surface area (Å²) in [6.45, 7) is 2.12. The first kappa shape index (κ1) is 13.2. The average molecular weight is 232 g/mol. The van der Waals surface area contributed by atoms with E-state index in [1.54, 1.807) is 44.1 Å². The Morgan fingerprint density at radius 3 is 2.76 bits per heavy atom. The van der Waals surface area contributed by atoms with Gasteiger partial charge in [0.1, 0.15) is 6.04 Å². The number of nitrogens with zero attached hydrogens (tertiary/aromatic N) is 2. The molecule has 0 spiro atoms. The lowest BCUT2D eigenvalue weighted by Crippen LogP contribution is -2.29. The van der Waals surface area contributed by atoms with Crippen LogP contribution in [0.15, 0.2) is 24.3 Å². The molecular formula is C13H16N2O2. The molecule has 1 rings (SSSR count). The quantitative estimate of drug-likeness (QED) is 0.742. The minimum atomic E-state index is -0.469. The number of esters is 1. The molecule has 0 radical (unpaired) electrons. The molecule has 0 amide bonds. The SMILES string of the molecule is CCOC(=O)[C@H](c1cccc(C#N)c1)N(C)C. The molecule has 4 nitrogen and oxygen atoms in total. The third-order valence-electron chi connectivity index (χ3n) is 2.36. The maximum atomic E-state index is 11.8. The maximum absolute atomic E-state index is 11.8. The number of carbonyl (C=O) groups is 1. The van der Waals surface area contributed by atoms with E-state index in [4.69, 9.17) is 10.00 Å². The second kappa shape index (κ2) is 6.02. The number of ether oxygens (including phenoxy) is 1. The number of hydrogen-bond donors (Lipinski definition) is 0. The zero-order valence-electron chi connectivity index (χ0n) is 10.3. The Bertz CT molecular complexity index is 435. The van der Waals surface area contributed by atoms with Crippen LogP contribution in [0.4, 0.5) is 0 Å². The summed E-state index contributed by atoms with van der Waals surface area (Å²) in [6, 6.07) is 8.60. The normalized spacial score (nSPS) is 11.9. The molecular weight excluding hydrogens is 216 g/mol. The van der Waals surface area contributed by atoms with Gasteiger partial charge in [0.25, 0.3) is 0 Å². The van der Waals surface area contributed by atoms with E-state index in [0.29, 0.717) is 12.2 Å². The number of rotatable bonds is 4. The zero-order valence-corrected chi connectivity index (χ0v) is 10.3. The smallest absolute Gasteiger partial charge is 0.327 e. The van der Waals surface area contributed by atoms with Crippen molar-refractivity contribution in [2.24, 2.45) is 0 Å². The Balaban J connectivity index is 3.06. The van der Waals surface area contributed by atoms with Gasteiger partial charge in [-0.15, -0.1) is 0 Å². The molecule has 0 unspecified atom stereocenters. The number of carbonyl (C=O) groups excluding carboxylic acids is 1. The highest BCUT2D eigenvalue weighted by atomic mass is 16.5. The van der Waals surface area contributed by atoms with Crippen molar-refractivity contribution in [3.8, 4) is 6.07 Å². The number of likely N-dealkylation sites (N-methyl/N-ethyl adjacent to an activating group) is 1. The van der Waals surface area contributed by atoms with E-state index < -0.39 is 6.04 Å². The van der Waals surface area contributed by atoms with E-state index >= 15 is 0 Å². The highest BCUT2D eigenvalue weighted by Crippen LogP contribution is 2.20. The predicted molar refractivity (Wildman–Crippen MR) is 64.2 cm³/mol. The fraction of sp³-hybridized carbons (Fsp3) is 0.385. The van der Waals surface area contributed by atoms with Crippen LogP contribution in [0, 0.1) is 11.3 Å². The van der Waals surface area contributed by atoms with Crippen molar-refractivity contribution in [3.05, 3.63) is 35.4 Å². The van der Waals surface area contributed by atoms with Crippen LogP contribution >= 0.6 is 0 Å². The Kier molecular flexibility index (Phi) is 4.68. The molecule has 1 aromatic rings. The molecule has 0 saturated carbocycles. The van der Waals surface area contributed by atoms with Gasteiger partial charge in [-0.2, -0.15) is 5.26 Å². The Hall–Kier alpha value is -1.86. The number of benzene rings is 1. The molecule has 0 aliphatic rings. The average Bonchev–Trinajstić information content (AvgIpc) is 2.29. The molecule has 4 heteroatoms. The fourth-order valence-corrected chi connectivity index (χ4v) is 1.64. The van der Waals surface area contributed by atoms with Gasteiger partial charge in [0, 0.05) is 0 Å². The first-order chi connectivity index (χ1) is 8.10. The highest BCUT2D eigenvalue weighted by molar-refractivity contribution is 5.77. The van der Waals surface area contributed by atoms with Gasteiger partial charge >= 0.3 is 5.97 Å². The lowest BCUT2D eigenvalue weighted by molar-refractivity contribution is -0.148. The first-order valence-corrected chi connectivity index (χ1v) is 5.43. The summed E-state index contributed by atoms with van der Waals surface area (Å²) in [5.41, 5.74) is 1.31. The molecule has 17 heavy (non-hydrogen) atoms. The van der Waals surface area contributed by atoms with Gasteiger partial charge in [-0.05, 0) is 38.7 Å². The topological polar surface area (TPSA) is 53.3 Å². The number of nitriles is 1. The van der Waals surface area contributed by atoms with Crippen LogP contribution < -0.4 is 0 Å². The van der Waals surface area contributed by atoms with E-state index in [1.807, 2.05) is 6.07 Å². The molecule has 1 aromatic carbocycles. The van der Waals surface area contributed by atoms with Gasteiger partial charge in [-0.1, -0.05) is 12.1 Å². The molecule has 1 atom stereocenters. The standard InChI is InChI=1S/C13H16N2O2/c1-4-17-13(16)12(15(2)3)11-7-5-6-10(8-11)9-14/h5-8,12H,4H2,1-3H3/t12-/m0/s1. The van der Waals surface area contributed by atoms with Gasteiger partial charge in [-0.3, -0.25) is 4.90 Å². The number of hydrogen-bond acceptors (Lipinski definition) is 4. The fourth-order valence-electron chi connectivity index (χ4n) is 1.64. The van der Waals surface area contributed by atoms with Crippen LogP contribution in [0.1, 0.15) is 24.1 Å². The van der Waals surface area contributed by atoms with E-state index in [0.717, 1.165) is 5.56 Å². The third-order valence-corrected chi connectivity index (χ3v) is 2.36. The summed E-state index contributed by atoms with van der Waals surface area (Å²) in [6.07, 6.45) is 0. The molecule has 90 valence electrons. The molecule has 0 heterocycles. The van der Waals surface area contributed by atoms with E-state index in [9.17, 15) is 4.79 Å². The van der Waals surface area contributed by atoms with Gasteiger partial charge in [0.2, 0.25) is 0 Å². The molecule has 0 aromatic heterocycles. The van der Waals surface area contributed by atoms with Crippen molar-refractivity contribution in [3.63, 3.8) is 0 Å². The van der Waals surface area contributed by atoms with E-state index in [1.165, 1.54) is 0 Å². The van der Waals surface area contributed by atoms with Crippen LogP contribution in [0.5, 0.6) is 0 Å². The second-order valence-electron chi connectivity index (χ2n) is 3.86. The van der Waals surface area contributed by atoms with Crippen molar-refractivity contribution >= 4 is 5.97 Å². The Labute approximate surface area is 101 Å². The summed E-state index contributed by atoms with van der Waals surface area (Å²) < 4.78 is 5.03. The Morgan fingerprint density at radius 1 is 1.53 bits per heavy atom. The summed E-state index contributed by atoms with van der Waals surface area (Å²) >= 11 is 0. The van der Waals surface area contributed by atoms with Crippen LogP contribution in [0.3, 0.4) is 0 Å². The molecule has 0 bridgehead atoms. The summed E-state index contributed by atoms with van der Waals surface area (Å²) in [5, 5.41) is 8.84. The monoisotopic (exact) mass is 232 g/mol. The van der Waals surface area contributed by atoms with Crippen LogP contribution in [0.2, 0.25) is 0 Å². The van der Waals surface area contributed by atoms with Gasteiger partial charge in [0.05, 0.1) is 18.2 Å². The van der Waals surface area contributed by atoms with Gasteiger partial charge in [-0.25, -0.2) is 4.79 Å². The maximum Gasteiger partial charge on any atom is 0.327 e. The lowest BCUT2D eigenvalue weighted by atomic mass is 10.0. The van der Waals surface area contributed by atoms with Crippen molar-refractivity contribution in [2.45, 2.75) is 13.0 Å². The Morgan fingerprint density at radius 2 is 2.24 bits per heavy atom. The van der Waals surface area contributed by atoms with Crippen molar-refractivity contribution < 1.29 is 9.53 Å². The molecule has 0 aliphatic carbocycles. The van der Waals surface area contributed by atoms with Crippen LogP contribution in [0.25, 0.3) is 0 Å². The molecule has 0 aliphatic heterocycles. The lowest BCUT2D eigenvalue weighted by Gasteiger charge is -2.22. The summed E-state index contributed by atoms with van der Waals surface area (Å²) in [4.78, 5) is 13.6. The minimum Gasteiger partial charge on any atom is -0.465 e. The predicted octanol–water partition coefficient (Wildman–Crippen LogP) is 1.72. The van der Waals surface area contributed by atoms with Crippen molar-refractivity contribution in [2.75, 3.05) is 20.7 Å². The first-order valence-electron chi connectivity index (χ1n) is 5.43. The largest absolute Gasteiger partial charge is 0.465 e. The van der Waals surface area contributed by atoms with E-state index in [-0.39, 0.29) is 5.97 Å².